The fraction of sp³-hybridized carbons (Fsp3) is 0.0606. The molecule has 17 heteroatoms. The number of carbonyl (C=O) groups excluding carboxylic acids is 2. The number of carbonyl (C=O) groups is 2. The molecule has 0 fully saturated rings. The van der Waals surface area contributed by atoms with E-state index in [1.807, 2.05) is 181 Å². The first-order valence-electron chi connectivity index (χ1n) is 24.5. The predicted octanol–water partition coefficient (Wildman–Crippen LogP) is 16.9. The van der Waals surface area contributed by atoms with Crippen molar-refractivity contribution in [2.45, 2.75) is 27.7 Å². The van der Waals surface area contributed by atoms with Gasteiger partial charge in [0.15, 0.2) is 11.6 Å². The molecule has 0 aliphatic carbocycles. The second-order valence-electron chi connectivity index (χ2n) is 16.4. The van der Waals surface area contributed by atoms with Crippen molar-refractivity contribution in [3.05, 3.63) is 278 Å². The molecule has 0 saturated heterocycles. The van der Waals surface area contributed by atoms with Gasteiger partial charge >= 0.3 is 19.5 Å². The Balaban J connectivity index is 0.000000333. The molecule has 12 aromatic rings. The van der Waals surface area contributed by atoms with Crippen molar-refractivity contribution in [2.75, 3.05) is 0 Å². The molecule has 3 radical (unpaired) electrons. The molecule has 8 aromatic heterocycles. The average molecular weight is 1770 g/mol. The Bertz CT molecular complexity index is 3360. The summed E-state index contributed by atoms with van der Waals surface area (Å²) < 4.78 is 2.49. The number of fused-ring (bicyclic) bond motifs is 2. The van der Waals surface area contributed by atoms with Crippen LogP contribution in [0.3, 0.4) is 0 Å². The van der Waals surface area contributed by atoms with Crippen LogP contribution in [-0.4, -0.2) is 51.7 Å². The number of thiophene rings is 2. The molecular formula is C66H54Ir2N6O4PtRuS3-3. The molecule has 0 amide bonds. The number of hydrogen-bond donors (Lipinski definition) is 2. The third-order valence-electron chi connectivity index (χ3n) is 9.91. The monoisotopic (exact) mass is 1770 g/mol. The summed E-state index contributed by atoms with van der Waals surface area (Å²) in [6, 6.07) is 76.2. The van der Waals surface area contributed by atoms with Gasteiger partial charge in [-0.15, -0.1) is 101 Å². The van der Waals surface area contributed by atoms with E-state index in [4.69, 9.17) is 10.2 Å². The van der Waals surface area contributed by atoms with Gasteiger partial charge in [0.2, 0.25) is 0 Å². The molecule has 83 heavy (non-hydrogen) atoms. The standard InChI is InChI=1S/2C13H8NS.C11H8N.C10H8N2.C9H6NS.2C5H8O2.2Ir.Pt.Ru/c1-2-7-12-10(5-1)9-13(15-12)11-6-3-4-8-14-11;1-2-6-10(7-3-1)13-14-11-8-4-5-9-12(11)15-13;1-2-6-10(7-3-1)11-8-4-5-9-12-11;1-3-7-11-9(5-1)10-6-2-4-8-12-10;1-2-6-10-8(4-1)9-5-3-7-11-9;2*1-4(6)3-5(2)7;;;;/h1-8H;1-6,8-9H;1-6,8-9H;1-8H;1-4,6-7H;2*3,6H,1-2H3;;;;/q3*-1;;-1;;;;;;+1. The molecule has 2 N–H and O–H groups in total. The number of rotatable bonds is 7. The van der Waals surface area contributed by atoms with Crippen LogP contribution in [0.4, 0.5) is 0 Å². The van der Waals surface area contributed by atoms with Crippen molar-refractivity contribution in [1.82, 2.24) is 29.9 Å². The largest absolute Gasteiger partial charge is 1.00 e. The number of hydrogen-bond acceptors (Lipinski definition) is 13. The number of aliphatic hydroxyl groups excluding tert-OH is 2. The Morgan fingerprint density at radius 3 is 1.27 bits per heavy atom. The molecule has 4 aromatic carbocycles. The molecule has 0 unspecified atom stereocenters. The zero-order valence-electron chi connectivity index (χ0n) is 45.0. The molecule has 0 spiro atoms. The number of pyridine rings is 5. The van der Waals surface area contributed by atoms with E-state index in [9.17, 15) is 9.59 Å². The summed E-state index contributed by atoms with van der Waals surface area (Å²) in [6.07, 6.45) is 11.3. The van der Waals surface area contributed by atoms with E-state index in [1.165, 1.54) is 54.6 Å². The minimum atomic E-state index is -0.125. The number of ketones is 2. The number of aliphatic hydroxyl groups is 2. The van der Waals surface area contributed by atoms with E-state index in [2.05, 4.69) is 78.4 Å². The third-order valence-corrected chi connectivity index (χ3v) is 12.9. The Morgan fingerprint density at radius 2 is 0.867 bits per heavy atom. The summed E-state index contributed by atoms with van der Waals surface area (Å²) in [5, 5.41) is 20.9. The maximum absolute atomic E-state index is 10.0. The zero-order valence-corrected chi connectivity index (χ0v) is 56.3. The first kappa shape index (κ1) is 72.3. The van der Waals surface area contributed by atoms with Crippen molar-refractivity contribution in [3.63, 3.8) is 0 Å². The van der Waals surface area contributed by atoms with Crippen molar-refractivity contribution in [3.8, 4) is 54.4 Å². The van der Waals surface area contributed by atoms with Crippen LogP contribution in [0.1, 0.15) is 27.7 Å². The minimum absolute atomic E-state index is 0. The summed E-state index contributed by atoms with van der Waals surface area (Å²) in [5.74, 6) is -0.125. The molecule has 0 bridgehead atoms. The molecule has 0 aliphatic rings. The second kappa shape index (κ2) is 41.2. The van der Waals surface area contributed by atoms with Gasteiger partial charge in [-0.2, -0.15) is 23.5 Å². The molecule has 10 nitrogen and oxygen atoms in total. The van der Waals surface area contributed by atoms with Gasteiger partial charge in [-0.05, 0) is 103 Å². The number of thiazole rings is 1. The van der Waals surface area contributed by atoms with Gasteiger partial charge in [0.1, 0.15) is 0 Å². The summed E-state index contributed by atoms with van der Waals surface area (Å²) in [5.41, 5.74) is 7.97. The van der Waals surface area contributed by atoms with E-state index < -0.39 is 0 Å². The summed E-state index contributed by atoms with van der Waals surface area (Å²) in [6.45, 7) is 5.70. The van der Waals surface area contributed by atoms with Crippen LogP contribution in [0.15, 0.2) is 254 Å². The number of benzene rings is 4. The minimum Gasteiger partial charge on any atom is -0.512 e. The molecule has 12 rings (SSSR count). The number of para-hydroxylation sites is 1. The van der Waals surface area contributed by atoms with Crippen molar-refractivity contribution < 1.29 is 101 Å². The molecule has 0 saturated carbocycles. The van der Waals surface area contributed by atoms with E-state index in [0.717, 1.165) is 59.9 Å². The zero-order chi connectivity index (χ0) is 55.9. The molecule has 0 aliphatic heterocycles. The fourth-order valence-corrected chi connectivity index (χ4v) is 9.20. The Morgan fingerprint density at radius 1 is 0.446 bits per heavy atom. The molecule has 8 heterocycles. The first-order chi connectivity index (χ1) is 38.5. The average Bonchev–Trinajstić information content (AvgIpc) is 4.41. The van der Waals surface area contributed by atoms with Gasteiger partial charge in [-0.25, -0.2) is 22.7 Å². The van der Waals surface area contributed by atoms with Gasteiger partial charge < -0.3 is 25.2 Å². The van der Waals surface area contributed by atoms with E-state index >= 15 is 0 Å². The van der Waals surface area contributed by atoms with Crippen molar-refractivity contribution in [2.24, 2.45) is 0 Å². The van der Waals surface area contributed by atoms with Crippen LogP contribution in [-0.2, 0) is 90.3 Å². The molecular weight excluding hydrogens is 1720 g/mol. The Labute approximate surface area is 551 Å². The normalized spacial score (nSPS) is 9.88. The number of nitrogens with zero attached hydrogens (tertiary/aromatic N) is 6. The first-order valence-corrected chi connectivity index (χ1v) is 27.0. The van der Waals surface area contributed by atoms with Crippen LogP contribution in [0.25, 0.3) is 74.7 Å². The summed E-state index contributed by atoms with van der Waals surface area (Å²) in [4.78, 5) is 47.9. The van der Waals surface area contributed by atoms with Crippen LogP contribution < -0.4 is 0 Å². The summed E-state index contributed by atoms with van der Waals surface area (Å²) >= 11 is 5.10. The van der Waals surface area contributed by atoms with E-state index in [0.29, 0.717) is 0 Å². The van der Waals surface area contributed by atoms with Crippen LogP contribution in [0.2, 0.25) is 0 Å². The number of aromatic nitrogens is 6. The van der Waals surface area contributed by atoms with E-state index in [-0.39, 0.29) is 104 Å². The van der Waals surface area contributed by atoms with Crippen molar-refractivity contribution >= 4 is 65.9 Å². The maximum Gasteiger partial charge on any atom is 1.00 e. The van der Waals surface area contributed by atoms with Gasteiger partial charge in [0, 0.05) is 120 Å². The number of allylic oxidation sites excluding steroid dienone is 4. The maximum atomic E-state index is 10.0. The smallest absolute Gasteiger partial charge is 0.512 e. The third kappa shape index (κ3) is 27.0. The topological polar surface area (TPSA) is 152 Å². The Kier molecular flexibility index (Phi) is 35.9. The van der Waals surface area contributed by atoms with Gasteiger partial charge in [-0.3, -0.25) is 24.5 Å². The van der Waals surface area contributed by atoms with E-state index in [1.54, 1.807) is 58.8 Å². The van der Waals surface area contributed by atoms with Gasteiger partial charge in [0.05, 0.1) is 28.4 Å². The van der Waals surface area contributed by atoms with Crippen molar-refractivity contribution in [1.29, 1.82) is 0 Å². The molecule has 429 valence electrons. The van der Waals surface area contributed by atoms with Crippen LogP contribution >= 0.6 is 34.0 Å². The SMILES string of the molecule is CC(=O)C=C(C)O.CC(=O)C=C(C)O.[Ir].[Ir].[Pt].[Ru+].[c-]1c(-c2ccccn2)sc2ccccc12.[c-]1ccccc1-c1ccccn1.[c-]1ccccc1-c1nc2ccccc2s1.[c-]1ccsc1-c1ccccn1.c1ccc(-c2ccccn2)nc1. The fourth-order valence-electron chi connectivity index (χ4n) is 6.61. The summed E-state index contributed by atoms with van der Waals surface area (Å²) in [7, 11) is 0. The quantitative estimate of drug-likeness (QED) is 0.0683. The Hall–Kier alpha value is -6.79. The second-order valence-corrected chi connectivity index (χ2v) is 19.4. The predicted molar refractivity (Wildman–Crippen MR) is 324 cm³/mol. The van der Waals surface area contributed by atoms with Crippen LogP contribution in [0.5, 0.6) is 0 Å². The van der Waals surface area contributed by atoms with Gasteiger partial charge in [0.25, 0.3) is 0 Å². The van der Waals surface area contributed by atoms with Crippen LogP contribution in [0, 0.1) is 24.3 Å². The van der Waals surface area contributed by atoms with Gasteiger partial charge in [-0.1, -0.05) is 77.7 Å². The molecule has 0 atom stereocenters.